The fraction of sp³-hybridized carbons (Fsp3) is 0.378. The van der Waals surface area contributed by atoms with Gasteiger partial charge in [-0.05, 0) is 60.9 Å². The average Bonchev–Trinajstić information content (AvgIpc) is 3.61. The molecule has 0 radical (unpaired) electrons. The SMILES string of the molecule is NC1=N[C@@H](COC(=O)NCCCCCC[NH+]=C(O)c2ccc(C(=O)O)c(-c3c4ccc(=O)cc-4oc4cc(O)ccc34)c2)[C@@H]2NC(N)N[C@]23N1[C@@H](O)CC3(O)O. The Bertz CT molecular complexity index is 2260. The summed E-state index contributed by atoms with van der Waals surface area (Å²) in [6.07, 6.45) is -0.554. The van der Waals surface area contributed by atoms with Crippen molar-refractivity contribution in [3.8, 4) is 28.2 Å². The van der Waals surface area contributed by atoms with Crippen LogP contribution in [-0.2, 0) is 4.74 Å². The molecule has 1 amide bonds. The third-order valence-corrected chi connectivity index (χ3v) is 10.4. The lowest BCUT2D eigenvalue weighted by atomic mass is 9.87. The van der Waals surface area contributed by atoms with E-state index >= 15 is 0 Å². The molecule has 5 aliphatic rings. The molecule has 56 heavy (non-hydrogen) atoms. The Labute approximate surface area is 318 Å². The monoisotopic (exact) mass is 775 g/mol. The van der Waals surface area contributed by atoms with Gasteiger partial charge >= 0.3 is 18.0 Å². The predicted octanol–water partition coefficient (Wildman–Crippen LogP) is -1.46. The molecule has 2 fully saturated rings. The van der Waals surface area contributed by atoms with E-state index in [9.17, 15) is 45.0 Å². The molecule has 14 N–H and O–H groups in total. The number of phenolic OH excluding ortho intramolecular Hbond substituents is 1. The smallest absolute Gasteiger partial charge is 0.407 e. The van der Waals surface area contributed by atoms with Gasteiger partial charge in [-0.2, -0.15) is 0 Å². The van der Waals surface area contributed by atoms with Crippen LogP contribution in [0.2, 0.25) is 0 Å². The van der Waals surface area contributed by atoms with Gasteiger partial charge < -0.3 is 56.6 Å². The van der Waals surface area contributed by atoms with Crippen molar-refractivity contribution in [3.63, 3.8) is 0 Å². The molecule has 1 unspecified atom stereocenters. The van der Waals surface area contributed by atoms with Crippen molar-refractivity contribution in [2.24, 2.45) is 16.5 Å². The Hall–Kier alpha value is -5.83. The first-order valence-corrected chi connectivity index (χ1v) is 18.0. The second kappa shape index (κ2) is 15.0. The van der Waals surface area contributed by atoms with E-state index in [4.69, 9.17) is 20.6 Å². The molecule has 5 atom stereocenters. The fourth-order valence-corrected chi connectivity index (χ4v) is 7.91. The minimum atomic E-state index is -2.42. The van der Waals surface area contributed by atoms with E-state index in [0.717, 1.165) is 12.8 Å². The van der Waals surface area contributed by atoms with E-state index in [0.29, 0.717) is 48.0 Å². The summed E-state index contributed by atoms with van der Waals surface area (Å²) in [7, 11) is 0. The molecule has 4 aliphatic heterocycles. The van der Waals surface area contributed by atoms with Gasteiger partial charge in [-0.1, -0.05) is 6.42 Å². The fourth-order valence-electron chi connectivity index (χ4n) is 7.91. The van der Waals surface area contributed by atoms with E-state index in [1.807, 2.05) is 0 Å². The predicted molar refractivity (Wildman–Crippen MR) is 199 cm³/mol. The summed E-state index contributed by atoms with van der Waals surface area (Å²) in [4.78, 5) is 45.4. The average molecular weight is 776 g/mol. The number of amides is 1. The van der Waals surface area contributed by atoms with Crippen molar-refractivity contribution in [2.45, 2.75) is 68.2 Å². The van der Waals surface area contributed by atoms with Crippen LogP contribution in [0.1, 0.15) is 48.0 Å². The van der Waals surface area contributed by atoms with Crippen molar-refractivity contribution < 1.29 is 54.4 Å². The molecule has 4 heterocycles. The number of carbonyl (C=O) groups excluding carboxylic acids is 1. The number of carbonyl (C=O) groups is 2. The normalized spacial score (nSPS) is 24.2. The van der Waals surface area contributed by atoms with Gasteiger partial charge in [0.05, 0.1) is 23.6 Å². The zero-order valence-electron chi connectivity index (χ0n) is 29.9. The number of phenols is 1. The molecular formula is C37H43N8O11+. The molecule has 2 aromatic carbocycles. The number of carboxylic acid groups (broad SMARTS) is 1. The molecule has 0 bridgehead atoms. The molecular weight excluding hydrogens is 732 g/mol. The van der Waals surface area contributed by atoms with Gasteiger partial charge in [0, 0.05) is 41.6 Å². The summed E-state index contributed by atoms with van der Waals surface area (Å²) < 4.78 is 11.3. The lowest BCUT2D eigenvalue weighted by Gasteiger charge is -2.49. The molecule has 1 spiro atoms. The first-order chi connectivity index (χ1) is 26.7. The number of aromatic hydroxyl groups is 1. The van der Waals surface area contributed by atoms with Crippen LogP contribution in [0.25, 0.3) is 33.4 Å². The number of nitrogens with two attached hydrogens (primary N) is 2. The number of unbranched alkanes of at least 4 members (excludes halogenated alkanes) is 3. The quantitative estimate of drug-likeness (QED) is 0.0257. The number of aliphatic imine (C=N–C) groups is 1. The molecule has 2 aromatic rings. The zero-order valence-corrected chi connectivity index (χ0v) is 29.9. The Morgan fingerprint density at radius 1 is 1.05 bits per heavy atom. The molecule has 1 aliphatic carbocycles. The Morgan fingerprint density at radius 3 is 2.62 bits per heavy atom. The number of aliphatic hydroxyl groups excluding tert-OH is 2. The van der Waals surface area contributed by atoms with Crippen LogP contribution in [0.3, 0.4) is 0 Å². The maximum absolute atomic E-state index is 12.5. The van der Waals surface area contributed by atoms with Crippen LogP contribution in [-0.4, -0.2) is 115 Å². The number of benzene rings is 3. The van der Waals surface area contributed by atoms with Crippen molar-refractivity contribution in [1.82, 2.24) is 20.9 Å². The third kappa shape index (κ3) is 6.95. The van der Waals surface area contributed by atoms with Gasteiger partial charge in [0.2, 0.25) is 5.79 Å². The second-order valence-electron chi connectivity index (χ2n) is 14.1. The molecule has 19 nitrogen and oxygen atoms in total. The summed E-state index contributed by atoms with van der Waals surface area (Å²) in [5.74, 6) is -3.81. The summed E-state index contributed by atoms with van der Waals surface area (Å²) in [5, 5.41) is 72.2. The van der Waals surface area contributed by atoms with Gasteiger partial charge in [0.25, 0.3) is 0 Å². The maximum atomic E-state index is 12.5. The number of aromatic carboxylic acids is 1. The molecule has 296 valence electrons. The topological polar surface area (TPSA) is 313 Å². The zero-order chi connectivity index (χ0) is 39.9. The van der Waals surface area contributed by atoms with Crippen LogP contribution >= 0.6 is 0 Å². The highest BCUT2D eigenvalue weighted by Crippen LogP contribution is 2.46. The van der Waals surface area contributed by atoms with Crippen LogP contribution in [0.5, 0.6) is 5.75 Å². The number of nitrogens with one attached hydrogen (secondary N) is 4. The number of rotatable bonds is 12. The number of carboxylic acids is 1. The van der Waals surface area contributed by atoms with Crippen LogP contribution < -0.4 is 37.8 Å². The molecule has 2 saturated heterocycles. The second-order valence-corrected chi connectivity index (χ2v) is 14.1. The highest BCUT2D eigenvalue weighted by molar-refractivity contribution is 6.08. The van der Waals surface area contributed by atoms with Crippen LogP contribution in [0.15, 0.2) is 68.8 Å². The third-order valence-electron chi connectivity index (χ3n) is 10.4. The van der Waals surface area contributed by atoms with Crippen molar-refractivity contribution in [3.05, 3.63) is 75.9 Å². The Kier molecular flexibility index (Phi) is 10.3. The van der Waals surface area contributed by atoms with E-state index in [-0.39, 0.29) is 52.1 Å². The van der Waals surface area contributed by atoms with Crippen molar-refractivity contribution >= 4 is 34.9 Å². The largest absolute Gasteiger partial charge is 0.508 e. The first kappa shape index (κ1) is 38.4. The number of hydrogen-bond acceptors (Lipinski definition) is 15. The lowest BCUT2D eigenvalue weighted by Crippen LogP contribution is -2.77. The van der Waals surface area contributed by atoms with Gasteiger partial charge in [-0.25, -0.2) is 19.6 Å². The minimum Gasteiger partial charge on any atom is -0.508 e. The van der Waals surface area contributed by atoms with Gasteiger partial charge in [0.1, 0.15) is 48.8 Å². The molecule has 0 saturated carbocycles. The highest BCUT2D eigenvalue weighted by Gasteiger charge is 2.72. The van der Waals surface area contributed by atoms with Gasteiger partial charge in [0.15, 0.2) is 17.1 Å². The Morgan fingerprint density at radius 2 is 1.84 bits per heavy atom. The first-order valence-electron chi connectivity index (χ1n) is 18.0. The molecule has 7 rings (SSSR count). The maximum Gasteiger partial charge on any atom is 0.407 e. The van der Waals surface area contributed by atoms with E-state index in [1.54, 1.807) is 18.2 Å². The van der Waals surface area contributed by atoms with Crippen LogP contribution in [0, 0.1) is 0 Å². The summed E-state index contributed by atoms with van der Waals surface area (Å²) >= 11 is 0. The summed E-state index contributed by atoms with van der Waals surface area (Å²) in [6.45, 7) is 0.461. The number of nitrogens with zero attached hydrogens (tertiary/aromatic N) is 2. The van der Waals surface area contributed by atoms with Crippen LogP contribution in [0.4, 0.5) is 4.79 Å². The number of ether oxygens (including phenoxy) is 1. The summed E-state index contributed by atoms with van der Waals surface area (Å²) in [6, 6.07) is 11.3. The molecule has 19 heteroatoms. The van der Waals surface area contributed by atoms with E-state index < -0.39 is 54.5 Å². The number of alkyl carbamates (subject to hydrolysis) is 1. The standard InChI is InChI=1S/C37H42N8O11/c38-33-43-30-25(42-34(39)45-28(48)16-36(53,54)37(30,45)44-33)17-55-35(52)41-12-4-2-1-3-11-40-31(49)18-5-8-21(32(50)51)24(13-18)29-22-9-6-19(46)14-26(22)56-27-15-20(47)7-10-23(27)29/h5-10,13-15,25,28,30,33,43-44,46,48,53-54H,1-4,11-12,16-17,38H2,(H2,39,42)(H,40,49)(H,41,52)(H,50,51)/p+1/t25-,28-,30-,33?,37-/m0/s1. The molecule has 0 aromatic heterocycles. The van der Waals surface area contributed by atoms with Gasteiger partial charge in [-0.3, -0.25) is 20.3 Å². The Balaban J connectivity index is 0.919. The number of fused-ring (bicyclic) bond motifs is 2. The van der Waals surface area contributed by atoms with Gasteiger partial charge in [-0.15, -0.1) is 0 Å². The number of aliphatic hydroxyl groups is 4. The number of guanidine groups is 1. The van der Waals surface area contributed by atoms with Crippen molar-refractivity contribution in [1.29, 1.82) is 0 Å². The van der Waals surface area contributed by atoms with Crippen molar-refractivity contribution in [2.75, 3.05) is 19.7 Å². The van der Waals surface area contributed by atoms with E-state index in [2.05, 4.69) is 25.9 Å². The number of hydrogen-bond donors (Lipinski definition) is 12. The minimum absolute atomic E-state index is 0.0406. The highest BCUT2D eigenvalue weighted by atomic mass is 16.5. The summed E-state index contributed by atoms with van der Waals surface area (Å²) in [5.41, 5.74) is 11.8. The van der Waals surface area contributed by atoms with E-state index in [1.165, 1.54) is 41.3 Å². The lowest BCUT2D eigenvalue weighted by molar-refractivity contribution is -0.466.